The van der Waals surface area contributed by atoms with E-state index in [1.54, 1.807) is 0 Å². The molecule has 2 saturated carbocycles. The molecule has 2 aliphatic rings. The predicted molar refractivity (Wildman–Crippen MR) is 73.1 cm³/mol. The summed E-state index contributed by atoms with van der Waals surface area (Å²) in [4.78, 5) is 0. The lowest BCUT2D eigenvalue weighted by Crippen LogP contribution is -2.38. The second kappa shape index (κ2) is 6.34. The molecule has 19 heavy (non-hydrogen) atoms. The maximum atomic E-state index is 14.2. The third-order valence-electron chi connectivity index (χ3n) is 4.87. The SMILES string of the molecule is C=CC1CCC(C(F)(F)OC2CCC(C)CC2)CC1. The van der Waals surface area contributed by atoms with Crippen molar-refractivity contribution in [2.24, 2.45) is 17.8 Å². The van der Waals surface area contributed by atoms with Crippen LogP contribution in [0.4, 0.5) is 8.78 Å². The van der Waals surface area contributed by atoms with Crippen molar-refractivity contribution in [3.63, 3.8) is 0 Å². The molecule has 0 spiro atoms. The monoisotopic (exact) mass is 272 g/mol. The van der Waals surface area contributed by atoms with Gasteiger partial charge in [0.2, 0.25) is 0 Å². The van der Waals surface area contributed by atoms with Crippen molar-refractivity contribution in [2.75, 3.05) is 0 Å². The Hall–Kier alpha value is -0.440. The first-order valence-corrected chi connectivity index (χ1v) is 7.69. The average Bonchev–Trinajstić information content (AvgIpc) is 2.41. The molecule has 0 bridgehead atoms. The molecular formula is C16H26F2O. The molecule has 0 unspecified atom stereocenters. The highest BCUT2D eigenvalue weighted by Crippen LogP contribution is 2.41. The molecule has 0 aromatic rings. The number of hydrogen-bond donors (Lipinski definition) is 0. The molecule has 110 valence electrons. The fourth-order valence-electron chi connectivity index (χ4n) is 3.36. The molecule has 2 fully saturated rings. The van der Waals surface area contributed by atoms with E-state index in [1.807, 2.05) is 6.08 Å². The van der Waals surface area contributed by atoms with Crippen molar-refractivity contribution in [2.45, 2.75) is 70.5 Å². The van der Waals surface area contributed by atoms with Crippen LogP contribution in [0.25, 0.3) is 0 Å². The van der Waals surface area contributed by atoms with Crippen LogP contribution in [0.15, 0.2) is 12.7 Å². The Morgan fingerprint density at radius 1 is 1.00 bits per heavy atom. The van der Waals surface area contributed by atoms with Crippen molar-refractivity contribution < 1.29 is 13.5 Å². The predicted octanol–water partition coefficient (Wildman–Crippen LogP) is 5.17. The van der Waals surface area contributed by atoms with E-state index in [1.165, 1.54) is 0 Å². The molecule has 0 radical (unpaired) electrons. The number of rotatable bonds is 4. The van der Waals surface area contributed by atoms with Crippen molar-refractivity contribution in [1.82, 2.24) is 0 Å². The second-order valence-electron chi connectivity index (χ2n) is 6.41. The number of halogens is 2. The molecular weight excluding hydrogens is 246 g/mol. The summed E-state index contributed by atoms with van der Waals surface area (Å²) >= 11 is 0. The molecule has 0 aliphatic heterocycles. The van der Waals surface area contributed by atoms with Crippen molar-refractivity contribution >= 4 is 0 Å². The zero-order chi connectivity index (χ0) is 13.9. The van der Waals surface area contributed by atoms with Crippen LogP contribution in [0, 0.1) is 17.8 Å². The molecule has 2 rings (SSSR count). The molecule has 0 saturated heterocycles. The van der Waals surface area contributed by atoms with Crippen LogP contribution in [-0.2, 0) is 4.74 Å². The number of allylic oxidation sites excluding steroid dienone is 1. The van der Waals surface area contributed by atoms with Crippen LogP contribution in [0.3, 0.4) is 0 Å². The van der Waals surface area contributed by atoms with E-state index in [-0.39, 0.29) is 6.10 Å². The fourth-order valence-corrected chi connectivity index (χ4v) is 3.36. The molecule has 3 heteroatoms. The Balaban J connectivity index is 1.82. The zero-order valence-electron chi connectivity index (χ0n) is 11.9. The maximum absolute atomic E-state index is 14.2. The molecule has 2 aliphatic carbocycles. The van der Waals surface area contributed by atoms with Gasteiger partial charge in [-0.15, -0.1) is 6.58 Å². The highest BCUT2D eigenvalue weighted by Gasteiger charge is 2.44. The van der Waals surface area contributed by atoms with E-state index >= 15 is 0 Å². The molecule has 0 amide bonds. The summed E-state index contributed by atoms with van der Waals surface area (Å²) in [7, 11) is 0. The average molecular weight is 272 g/mol. The molecule has 1 nitrogen and oxygen atoms in total. The minimum absolute atomic E-state index is 0.233. The van der Waals surface area contributed by atoms with Gasteiger partial charge in [-0.1, -0.05) is 13.0 Å². The number of ether oxygens (including phenoxy) is 1. The van der Waals surface area contributed by atoms with Gasteiger partial charge in [0, 0.05) is 0 Å². The van der Waals surface area contributed by atoms with Gasteiger partial charge in [-0.05, 0) is 63.2 Å². The van der Waals surface area contributed by atoms with E-state index in [9.17, 15) is 8.78 Å². The lowest BCUT2D eigenvalue weighted by atomic mass is 9.81. The van der Waals surface area contributed by atoms with E-state index in [2.05, 4.69) is 13.5 Å². The van der Waals surface area contributed by atoms with Crippen molar-refractivity contribution in [3.05, 3.63) is 12.7 Å². The first-order valence-electron chi connectivity index (χ1n) is 7.69. The molecule has 0 N–H and O–H groups in total. The standard InChI is InChI=1S/C16H26F2O/c1-3-13-6-8-14(9-7-13)16(17,18)19-15-10-4-12(2)5-11-15/h3,12-15H,1,4-11H2,2H3. The Kier molecular flexibility index (Phi) is 4.99. The quantitative estimate of drug-likeness (QED) is 0.642. The lowest BCUT2D eigenvalue weighted by Gasteiger charge is -2.36. The van der Waals surface area contributed by atoms with Crippen LogP contribution in [0.2, 0.25) is 0 Å². The van der Waals surface area contributed by atoms with Gasteiger partial charge in [-0.2, -0.15) is 8.78 Å². The normalized spacial score (nSPS) is 37.0. The summed E-state index contributed by atoms with van der Waals surface area (Å²) < 4.78 is 33.5. The first-order chi connectivity index (χ1) is 9.01. The van der Waals surface area contributed by atoms with Gasteiger partial charge in [0.1, 0.15) is 0 Å². The van der Waals surface area contributed by atoms with Crippen LogP contribution < -0.4 is 0 Å². The molecule has 0 aromatic heterocycles. The van der Waals surface area contributed by atoms with Gasteiger partial charge in [0.05, 0.1) is 12.0 Å². The van der Waals surface area contributed by atoms with Gasteiger partial charge in [0.15, 0.2) is 0 Å². The smallest absolute Gasteiger partial charge is 0.317 e. The lowest BCUT2D eigenvalue weighted by molar-refractivity contribution is -0.301. The van der Waals surface area contributed by atoms with E-state index < -0.39 is 12.0 Å². The Morgan fingerprint density at radius 2 is 1.58 bits per heavy atom. The summed E-state index contributed by atoms with van der Waals surface area (Å²) in [5, 5.41) is 0. The fraction of sp³-hybridized carbons (Fsp3) is 0.875. The Morgan fingerprint density at radius 3 is 2.11 bits per heavy atom. The van der Waals surface area contributed by atoms with E-state index in [0.29, 0.717) is 24.7 Å². The van der Waals surface area contributed by atoms with Crippen LogP contribution >= 0.6 is 0 Å². The first kappa shape index (κ1) is 15.0. The number of hydrogen-bond acceptors (Lipinski definition) is 1. The third kappa shape index (κ3) is 4.01. The Bertz CT molecular complexity index is 287. The molecule has 0 aromatic carbocycles. The van der Waals surface area contributed by atoms with Gasteiger partial charge in [0.25, 0.3) is 0 Å². The molecule has 0 heterocycles. The summed E-state index contributed by atoms with van der Waals surface area (Å²) in [6, 6.07) is 0. The highest BCUT2D eigenvalue weighted by molar-refractivity contribution is 4.86. The van der Waals surface area contributed by atoms with Gasteiger partial charge < -0.3 is 4.74 Å². The number of alkyl halides is 2. The van der Waals surface area contributed by atoms with Gasteiger partial charge in [-0.3, -0.25) is 0 Å². The van der Waals surface area contributed by atoms with Crippen molar-refractivity contribution in [3.8, 4) is 0 Å². The minimum atomic E-state index is -2.93. The van der Waals surface area contributed by atoms with Crippen molar-refractivity contribution in [1.29, 1.82) is 0 Å². The van der Waals surface area contributed by atoms with E-state index in [4.69, 9.17) is 4.74 Å². The van der Waals surface area contributed by atoms with Crippen LogP contribution in [0.5, 0.6) is 0 Å². The van der Waals surface area contributed by atoms with Crippen LogP contribution in [-0.4, -0.2) is 12.2 Å². The minimum Gasteiger partial charge on any atom is -0.317 e. The highest BCUT2D eigenvalue weighted by atomic mass is 19.3. The summed E-state index contributed by atoms with van der Waals surface area (Å²) in [6.07, 6.45) is 5.13. The largest absolute Gasteiger partial charge is 0.358 e. The third-order valence-corrected chi connectivity index (χ3v) is 4.87. The maximum Gasteiger partial charge on any atom is 0.358 e. The summed E-state index contributed by atoms with van der Waals surface area (Å²) in [6.45, 7) is 5.94. The zero-order valence-corrected chi connectivity index (χ0v) is 11.9. The van der Waals surface area contributed by atoms with Gasteiger partial charge >= 0.3 is 6.11 Å². The van der Waals surface area contributed by atoms with Crippen LogP contribution in [0.1, 0.15) is 58.3 Å². The molecule has 0 atom stereocenters. The van der Waals surface area contributed by atoms with E-state index in [0.717, 1.165) is 38.5 Å². The topological polar surface area (TPSA) is 9.23 Å². The second-order valence-corrected chi connectivity index (χ2v) is 6.41. The Labute approximate surface area is 115 Å². The summed E-state index contributed by atoms with van der Waals surface area (Å²) in [5.74, 6) is 0.488. The summed E-state index contributed by atoms with van der Waals surface area (Å²) in [5.41, 5.74) is 0. The van der Waals surface area contributed by atoms with Gasteiger partial charge in [-0.25, -0.2) is 0 Å².